The van der Waals surface area contributed by atoms with E-state index in [1.807, 2.05) is 30.3 Å². The molecule has 2 aromatic rings. The first kappa shape index (κ1) is 14.8. The number of para-hydroxylation sites is 1. The number of nitrogens with zero attached hydrogens (tertiary/aromatic N) is 1. The Balaban J connectivity index is 2.05. The van der Waals surface area contributed by atoms with Crippen molar-refractivity contribution in [3.63, 3.8) is 0 Å². The molecule has 1 heterocycles. The topological polar surface area (TPSA) is 34.1 Å². The summed E-state index contributed by atoms with van der Waals surface area (Å²) in [5, 5.41) is 4.02. The summed E-state index contributed by atoms with van der Waals surface area (Å²) in [4.78, 5) is 3.99. The minimum absolute atomic E-state index is 0.493. The first-order valence-corrected chi connectivity index (χ1v) is 7.19. The molecular weight excluding hydrogens is 272 g/mol. The van der Waals surface area contributed by atoms with E-state index in [0.717, 1.165) is 36.4 Å². The van der Waals surface area contributed by atoms with Gasteiger partial charge in [-0.1, -0.05) is 30.7 Å². The van der Waals surface area contributed by atoms with E-state index in [-0.39, 0.29) is 0 Å². The summed E-state index contributed by atoms with van der Waals surface area (Å²) >= 11 is 6.24. The molecule has 0 spiro atoms. The van der Waals surface area contributed by atoms with Gasteiger partial charge in [-0.3, -0.25) is 4.98 Å². The quantitative estimate of drug-likeness (QED) is 0.787. The van der Waals surface area contributed by atoms with E-state index in [1.165, 1.54) is 0 Å². The van der Waals surface area contributed by atoms with E-state index < -0.39 is 0 Å². The first-order valence-electron chi connectivity index (χ1n) is 6.81. The van der Waals surface area contributed by atoms with E-state index in [0.29, 0.717) is 11.6 Å². The van der Waals surface area contributed by atoms with Crippen LogP contribution in [0.25, 0.3) is 0 Å². The van der Waals surface area contributed by atoms with Gasteiger partial charge in [0.1, 0.15) is 12.4 Å². The van der Waals surface area contributed by atoms with Crippen molar-refractivity contribution >= 4 is 11.6 Å². The van der Waals surface area contributed by atoms with Crippen LogP contribution in [0.1, 0.15) is 24.5 Å². The maximum absolute atomic E-state index is 6.24. The van der Waals surface area contributed by atoms with Crippen LogP contribution in [0, 0.1) is 0 Å². The number of aromatic nitrogens is 1. The fourth-order valence-corrected chi connectivity index (χ4v) is 2.14. The molecule has 0 saturated carbocycles. The van der Waals surface area contributed by atoms with Crippen molar-refractivity contribution in [1.82, 2.24) is 10.3 Å². The van der Waals surface area contributed by atoms with E-state index in [4.69, 9.17) is 16.3 Å². The average molecular weight is 291 g/mol. The normalized spacial score (nSPS) is 10.5. The van der Waals surface area contributed by atoms with Crippen LogP contribution in [-0.2, 0) is 13.2 Å². The summed E-state index contributed by atoms with van der Waals surface area (Å²) < 4.78 is 5.88. The van der Waals surface area contributed by atoms with Gasteiger partial charge in [0.05, 0.1) is 5.02 Å². The second-order valence-corrected chi connectivity index (χ2v) is 4.96. The summed E-state index contributed by atoms with van der Waals surface area (Å²) in [5.74, 6) is 0.759. The van der Waals surface area contributed by atoms with Crippen molar-refractivity contribution in [1.29, 1.82) is 0 Å². The average Bonchev–Trinajstić information content (AvgIpc) is 2.48. The molecule has 3 nitrogen and oxygen atoms in total. The minimum atomic E-state index is 0.493. The molecule has 0 saturated heterocycles. The van der Waals surface area contributed by atoms with Crippen molar-refractivity contribution < 1.29 is 4.74 Å². The van der Waals surface area contributed by atoms with Crippen LogP contribution in [0.5, 0.6) is 5.75 Å². The third-order valence-electron chi connectivity index (χ3n) is 2.92. The van der Waals surface area contributed by atoms with Crippen molar-refractivity contribution in [3.05, 3.63) is 58.9 Å². The van der Waals surface area contributed by atoms with Crippen LogP contribution in [0.3, 0.4) is 0 Å². The lowest BCUT2D eigenvalue weighted by Crippen LogP contribution is -2.14. The Kier molecular flexibility index (Phi) is 5.84. The van der Waals surface area contributed by atoms with Crippen LogP contribution in [0.2, 0.25) is 5.02 Å². The van der Waals surface area contributed by atoms with Gasteiger partial charge in [-0.2, -0.15) is 0 Å². The predicted octanol–water partition coefficient (Wildman–Crippen LogP) is 3.81. The van der Waals surface area contributed by atoms with Gasteiger partial charge in [0.15, 0.2) is 0 Å². The number of halogens is 1. The largest absolute Gasteiger partial charge is 0.487 e. The van der Waals surface area contributed by atoms with Crippen molar-refractivity contribution in [2.75, 3.05) is 6.54 Å². The van der Waals surface area contributed by atoms with Crippen molar-refractivity contribution in [2.45, 2.75) is 26.5 Å². The molecular formula is C16H19ClN2O. The zero-order chi connectivity index (χ0) is 14.2. The molecule has 1 N–H and O–H groups in total. The molecule has 4 heteroatoms. The molecule has 20 heavy (non-hydrogen) atoms. The minimum Gasteiger partial charge on any atom is -0.487 e. The molecule has 0 fully saturated rings. The molecule has 1 aromatic carbocycles. The lowest BCUT2D eigenvalue weighted by atomic mass is 10.2. The fraction of sp³-hybridized carbons (Fsp3) is 0.312. The Bertz CT molecular complexity index is 531. The highest BCUT2D eigenvalue weighted by molar-refractivity contribution is 6.32. The van der Waals surface area contributed by atoms with Crippen LogP contribution in [0.15, 0.2) is 42.7 Å². The van der Waals surface area contributed by atoms with Crippen LogP contribution >= 0.6 is 11.6 Å². The van der Waals surface area contributed by atoms with Gasteiger partial charge in [0, 0.05) is 24.5 Å². The van der Waals surface area contributed by atoms with Gasteiger partial charge >= 0.3 is 0 Å². The van der Waals surface area contributed by atoms with Crippen LogP contribution in [-0.4, -0.2) is 11.5 Å². The molecule has 0 aliphatic carbocycles. The van der Waals surface area contributed by atoms with Gasteiger partial charge in [-0.15, -0.1) is 0 Å². The monoisotopic (exact) mass is 290 g/mol. The number of hydrogen-bond acceptors (Lipinski definition) is 3. The molecule has 2 rings (SSSR count). The molecule has 0 aliphatic heterocycles. The summed E-state index contributed by atoms with van der Waals surface area (Å²) in [6, 6.07) is 9.71. The highest BCUT2D eigenvalue weighted by atomic mass is 35.5. The zero-order valence-corrected chi connectivity index (χ0v) is 12.4. The number of ether oxygens (including phenoxy) is 1. The molecule has 0 unspecified atom stereocenters. The first-order chi connectivity index (χ1) is 9.81. The maximum Gasteiger partial charge on any atom is 0.142 e. The number of nitrogens with one attached hydrogen (secondary N) is 1. The van der Waals surface area contributed by atoms with Gasteiger partial charge in [0.25, 0.3) is 0 Å². The highest BCUT2D eigenvalue weighted by Gasteiger charge is 2.08. The molecule has 1 aromatic heterocycles. The Morgan fingerprint density at radius 1 is 1.20 bits per heavy atom. The number of benzene rings is 1. The number of pyridine rings is 1. The predicted molar refractivity (Wildman–Crippen MR) is 82.0 cm³/mol. The molecule has 0 radical (unpaired) electrons. The molecule has 0 amide bonds. The summed E-state index contributed by atoms with van der Waals surface area (Å²) in [6.07, 6.45) is 4.62. The third kappa shape index (κ3) is 4.22. The summed E-state index contributed by atoms with van der Waals surface area (Å²) in [6.45, 7) is 4.38. The summed E-state index contributed by atoms with van der Waals surface area (Å²) in [7, 11) is 0. The van der Waals surface area contributed by atoms with Gasteiger partial charge in [-0.05, 0) is 36.7 Å². The molecule has 0 aliphatic rings. The smallest absolute Gasteiger partial charge is 0.142 e. The Morgan fingerprint density at radius 2 is 2.00 bits per heavy atom. The Hall–Kier alpha value is -1.58. The van der Waals surface area contributed by atoms with Gasteiger partial charge < -0.3 is 10.1 Å². The molecule has 0 atom stereocenters. The van der Waals surface area contributed by atoms with E-state index in [9.17, 15) is 0 Å². The second-order valence-electron chi connectivity index (χ2n) is 4.55. The van der Waals surface area contributed by atoms with Crippen molar-refractivity contribution in [2.24, 2.45) is 0 Å². The van der Waals surface area contributed by atoms with Gasteiger partial charge in [0.2, 0.25) is 0 Å². The third-order valence-corrected chi connectivity index (χ3v) is 3.22. The molecule has 0 bridgehead atoms. The van der Waals surface area contributed by atoms with Crippen molar-refractivity contribution in [3.8, 4) is 5.75 Å². The lowest BCUT2D eigenvalue weighted by Gasteiger charge is -2.13. The summed E-state index contributed by atoms with van der Waals surface area (Å²) in [5.41, 5.74) is 2.16. The molecule has 106 valence electrons. The van der Waals surface area contributed by atoms with E-state index in [2.05, 4.69) is 17.2 Å². The van der Waals surface area contributed by atoms with E-state index >= 15 is 0 Å². The number of hydrogen-bond donors (Lipinski definition) is 1. The highest BCUT2D eigenvalue weighted by Crippen LogP contribution is 2.29. The van der Waals surface area contributed by atoms with Crippen LogP contribution in [0.4, 0.5) is 0 Å². The second kappa shape index (κ2) is 7.88. The SMILES string of the molecule is CCCNCc1cccc(Cl)c1OCc1ccncc1. The standard InChI is InChI=1S/C16H19ClN2O/c1-2-8-19-11-14-4-3-5-15(17)16(14)20-12-13-6-9-18-10-7-13/h3-7,9-10,19H,2,8,11-12H2,1H3. The Labute approximate surface area is 124 Å². The fourth-order valence-electron chi connectivity index (χ4n) is 1.89. The van der Waals surface area contributed by atoms with Crippen LogP contribution < -0.4 is 10.1 Å². The van der Waals surface area contributed by atoms with E-state index in [1.54, 1.807) is 12.4 Å². The lowest BCUT2D eigenvalue weighted by molar-refractivity contribution is 0.302. The maximum atomic E-state index is 6.24. The van der Waals surface area contributed by atoms with Gasteiger partial charge in [-0.25, -0.2) is 0 Å². The zero-order valence-electron chi connectivity index (χ0n) is 11.6. The Morgan fingerprint density at radius 3 is 2.75 bits per heavy atom. The number of rotatable bonds is 7.